The third-order valence-corrected chi connectivity index (χ3v) is 5.53. The first-order valence-electron chi connectivity index (χ1n) is 10.8. The minimum atomic E-state index is 0.0351. The zero-order valence-electron chi connectivity index (χ0n) is 18.7. The van der Waals surface area contributed by atoms with Gasteiger partial charge in [-0.25, -0.2) is 19.9 Å². The molecule has 4 rings (SSSR count). The van der Waals surface area contributed by atoms with E-state index in [1.54, 1.807) is 23.3 Å². The van der Waals surface area contributed by atoms with Crippen LogP contribution in [0.4, 0.5) is 11.8 Å². The number of hydrogen-bond acceptors (Lipinski definition) is 7. The van der Waals surface area contributed by atoms with Gasteiger partial charge in [-0.15, -0.1) is 0 Å². The Balaban J connectivity index is 1.37. The summed E-state index contributed by atoms with van der Waals surface area (Å²) >= 11 is 0. The Kier molecular flexibility index (Phi) is 6.53. The second-order valence-corrected chi connectivity index (χ2v) is 8.20. The van der Waals surface area contributed by atoms with Gasteiger partial charge in [-0.3, -0.25) is 9.48 Å². The maximum absolute atomic E-state index is 12.7. The molecule has 3 aromatic heterocycles. The maximum atomic E-state index is 12.7. The van der Waals surface area contributed by atoms with Crippen LogP contribution in [-0.2, 0) is 18.3 Å². The quantitative estimate of drug-likeness (QED) is 0.598. The first-order valence-corrected chi connectivity index (χ1v) is 10.8. The number of hydrogen-bond donors (Lipinski definition) is 1. The zero-order chi connectivity index (χ0) is 22.5. The van der Waals surface area contributed by atoms with Crippen molar-refractivity contribution in [1.29, 1.82) is 0 Å². The molecule has 9 heteroatoms. The Morgan fingerprint density at radius 3 is 2.78 bits per heavy atom. The maximum Gasteiger partial charge on any atom is 0.246 e. The standard InChI is InChI=1S/C23H28N8O/c1-16-11-17(2)28-23(27-16)29-21-13-19(24-15-25-21)12-18-5-4-10-31(14-18)22(32)7-6-20-8-9-26-30(20)3/h6-9,11,13,15,18H,4-5,10,12,14H2,1-3H3,(H,24,25,27,28,29)/b7-6+/t18-/m0/s1. The highest BCUT2D eigenvalue weighted by Gasteiger charge is 2.23. The van der Waals surface area contributed by atoms with E-state index < -0.39 is 0 Å². The predicted octanol–water partition coefficient (Wildman–Crippen LogP) is 2.86. The van der Waals surface area contributed by atoms with Gasteiger partial charge in [-0.05, 0) is 57.2 Å². The lowest BCUT2D eigenvalue weighted by molar-refractivity contribution is -0.127. The summed E-state index contributed by atoms with van der Waals surface area (Å²) in [6.07, 6.45) is 9.58. The fourth-order valence-electron chi connectivity index (χ4n) is 4.01. The van der Waals surface area contributed by atoms with Gasteiger partial charge >= 0.3 is 0 Å². The number of aromatic nitrogens is 6. The average Bonchev–Trinajstić information content (AvgIpc) is 3.16. The van der Waals surface area contributed by atoms with E-state index in [4.69, 9.17) is 0 Å². The lowest BCUT2D eigenvalue weighted by Crippen LogP contribution is -2.39. The number of carbonyl (C=O) groups excluding carboxylic acids is 1. The normalized spacial score (nSPS) is 16.5. The van der Waals surface area contributed by atoms with Crippen molar-refractivity contribution in [2.24, 2.45) is 13.0 Å². The molecule has 1 atom stereocenters. The highest BCUT2D eigenvalue weighted by atomic mass is 16.2. The number of rotatable bonds is 6. The minimum absolute atomic E-state index is 0.0351. The molecule has 1 aliphatic rings. The third kappa shape index (κ3) is 5.54. The Hall–Kier alpha value is -3.62. The van der Waals surface area contributed by atoms with Crippen molar-refractivity contribution in [3.63, 3.8) is 0 Å². The summed E-state index contributed by atoms with van der Waals surface area (Å²) < 4.78 is 1.74. The predicted molar refractivity (Wildman–Crippen MR) is 122 cm³/mol. The van der Waals surface area contributed by atoms with Crippen LogP contribution in [0.1, 0.15) is 35.6 Å². The van der Waals surface area contributed by atoms with Gasteiger partial charge in [0.2, 0.25) is 11.9 Å². The fourth-order valence-corrected chi connectivity index (χ4v) is 4.01. The lowest BCUT2D eigenvalue weighted by Gasteiger charge is -2.32. The number of anilines is 2. The van der Waals surface area contributed by atoms with Crippen LogP contribution in [0.15, 0.2) is 36.8 Å². The molecule has 166 valence electrons. The second-order valence-electron chi connectivity index (χ2n) is 8.20. The first-order chi connectivity index (χ1) is 15.5. The SMILES string of the molecule is Cc1cc(C)nc(Nc2cc(C[C@@H]3CCCN(C(=O)/C=C/c4ccnn4C)C3)ncn2)n1. The van der Waals surface area contributed by atoms with Crippen LogP contribution >= 0.6 is 0 Å². The van der Waals surface area contributed by atoms with E-state index in [0.717, 1.165) is 55.1 Å². The number of amides is 1. The van der Waals surface area contributed by atoms with E-state index in [9.17, 15) is 4.79 Å². The zero-order valence-corrected chi connectivity index (χ0v) is 18.7. The molecule has 3 aromatic rings. The monoisotopic (exact) mass is 432 g/mol. The molecule has 0 aromatic carbocycles. The van der Waals surface area contributed by atoms with Gasteiger partial charge in [-0.2, -0.15) is 5.10 Å². The van der Waals surface area contributed by atoms with E-state index >= 15 is 0 Å². The van der Waals surface area contributed by atoms with Gasteiger partial charge in [-0.1, -0.05) is 0 Å². The first kappa shape index (κ1) is 21.6. The van der Waals surface area contributed by atoms with E-state index in [1.807, 2.05) is 50.1 Å². The topological polar surface area (TPSA) is 102 Å². The van der Waals surface area contributed by atoms with Crippen LogP contribution in [0.5, 0.6) is 0 Å². The Labute approximate surface area is 187 Å². The van der Waals surface area contributed by atoms with Gasteiger partial charge in [0.1, 0.15) is 12.1 Å². The highest BCUT2D eigenvalue weighted by molar-refractivity contribution is 5.91. The number of nitrogens with one attached hydrogen (secondary N) is 1. The van der Waals surface area contributed by atoms with Gasteiger partial charge in [0, 0.05) is 55.6 Å². The molecule has 1 N–H and O–H groups in total. The van der Waals surface area contributed by atoms with Crippen LogP contribution in [0.3, 0.4) is 0 Å². The summed E-state index contributed by atoms with van der Waals surface area (Å²) in [5.41, 5.74) is 3.65. The molecule has 0 aliphatic carbocycles. The molecule has 4 heterocycles. The molecule has 0 spiro atoms. The summed E-state index contributed by atoms with van der Waals surface area (Å²) in [5.74, 6) is 1.59. The van der Waals surface area contributed by atoms with Crippen LogP contribution in [0.25, 0.3) is 6.08 Å². The largest absolute Gasteiger partial charge is 0.339 e. The fraction of sp³-hybridized carbons (Fsp3) is 0.391. The second kappa shape index (κ2) is 9.67. The van der Waals surface area contributed by atoms with Crippen LogP contribution in [-0.4, -0.2) is 53.6 Å². The number of likely N-dealkylation sites (tertiary alicyclic amines) is 1. The van der Waals surface area contributed by atoms with Gasteiger partial charge < -0.3 is 10.2 Å². The molecule has 32 heavy (non-hydrogen) atoms. The van der Waals surface area contributed by atoms with E-state index in [0.29, 0.717) is 17.7 Å². The number of nitrogens with zero attached hydrogens (tertiary/aromatic N) is 7. The van der Waals surface area contributed by atoms with Crippen molar-refractivity contribution in [2.45, 2.75) is 33.1 Å². The van der Waals surface area contributed by atoms with Gasteiger partial charge in [0.15, 0.2) is 0 Å². The molecule has 0 bridgehead atoms. The highest BCUT2D eigenvalue weighted by Crippen LogP contribution is 2.22. The van der Waals surface area contributed by atoms with Crippen molar-refractivity contribution in [3.8, 4) is 0 Å². The summed E-state index contributed by atoms with van der Waals surface area (Å²) in [5, 5.41) is 7.29. The van der Waals surface area contributed by atoms with E-state index in [2.05, 4.69) is 30.4 Å². The number of carbonyl (C=O) groups is 1. The molecule has 0 saturated carbocycles. The van der Waals surface area contributed by atoms with Gasteiger partial charge in [0.25, 0.3) is 0 Å². The minimum Gasteiger partial charge on any atom is -0.339 e. The lowest BCUT2D eigenvalue weighted by atomic mass is 9.93. The average molecular weight is 433 g/mol. The molecule has 9 nitrogen and oxygen atoms in total. The van der Waals surface area contributed by atoms with Crippen molar-refractivity contribution >= 4 is 23.7 Å². The summed E-state index contributed by atoms with van der Waals surface area (Å²) in [7, 11) is 1.86. The smallest absolute Gasteiger partial charge is 0.246 e. The van der Waals surface area contributed by atoms with Crippen molar-refractivity contribution in [3.05, 3.63) is 59.6 Å². The van der Waals surface area contributed by atoms with E-state index in [-0.39, 0.29) is 5.91 Å². The van der Waals surface area contributed by atoms with Crippen molar-refractivity contribution in [2.75, 3.05) is 18.4 Å². The van der Waals surface area contributed by atoms with Crippen LogP contribution in [0.2, 0.25) is 0 Å². The summed E-state index contributed by atoms with van der Waals surface area (Å²) in [4.78, 5) is 32.2. The molecule has 0 unspecified atom stereocenters. The Bertz CT molecular complexity index is 1100. The van der Waals surface area contributed by atoms with Crippen molar-refractivity contribution < 1.29 is 4.79 Å². The summed E-state index contributed by atoms with van der Waals surface area (Å²) in [6.45, 7) is 5.38. The molecule has 1 saturated heterocycles. The van der Waals surface area contributed by atoms with Gasteiger partial charge in [0.05, 0.1) is 5.69 Å². The molecule has 1 amide bonds. The molecular formula is C23H28N8O. The molecular weight excluding hydrogens is 404 g/mol. The van der Waals surface area contributed by atoms with Crippen molar-refractivity contribution in [1.82, 2.24) is 34.6 Å². The number of piperidine rings is 1. The van der Waals surface area contributed by atoms with Crippen LogP contribution < -0.4 is 5.32 Å². The summed E-state index contributed by atoms with van der Waals surface area (Å²) in [6, 6.07) is 5.75. The molecule has 1 aliphatic heterocycles. The molecule has 0 radical (unpaired) electrons. The third-order valence-electron chi connectivity index (χ3n) is 5.53. The Morgan fingerprint density at radius 1 is 1.22 bits per heavy atom. The number of aryl methyl sites for hydroxylation is 3. The van der Waals surface area contributed by atoms with Crippen LogP contribution in [0, 0.1) is 19.8 Å². The Morgan fingerprint density at radius 2 is 2.03 bits per heavy atom. The molecule has 1 fully saturated rings. The van der Waals surface area contributed by atoms with E-state index in [1.165, 1.54) is 0 Å².